The number of hydrogen-bond acceptors (Lipinski definition) is 6. The zero-order valence-electron chi connectivity index (χ0n) is 16.7. The highest BCUT2D eigenvalue weighted by Crippen LogP contribution is 2.59. The molecule has 1 unspecified atom stereocenters. The smallest absolute Gasteiger partial charge is 0.240 e. The summed E-state index contributed by atoms with van der Waals surface area (Å²) < 4.78 is 5.50. The minimum atomic E-state index is -0.460. The third-order valence-corrected chi connectivity index (χ3v) is 6.77. The van der Waals surface area contributed by atoms with Crippen molar-refractivity contribution in [2.24, 2.45) is 11.3 Å². The monoisotopic (exact) mass is 375 g/mol. The molecule has 0 radical (unpaired) electrons. The molecule has 3 aliphatic rings. The highest BCUT2D eigenvalue weighted by atomic mass is 16.5. The maximum atomic E-state index is 13.2. The molecule has 0 aromatic carbocycles. The SMILES string of the molecule is CN(C)Cc1nc(C2(NC(=O)C3CC34CCNCC4)CCCCCC2)no1. The fourth-order valence-electron chi connectivity index (χ4n) is 5.04. The van der Waals surface area contributed by atoms with E-state index in [4.69, 9.17) is 4.52 Å². The van der Waals surface area contributed by atoms with Crippen LogP contribution in [0, 0.1) is 11.3 Å². The van der Waals surface area contributed by atoms with Crippen LogP contribution in [0.25, 0.3) is 0 Å². The molecule has 150 valence electrons. The van der Waals surface area contributed by atoms with Gasteiger partial charge in [-0.15, -0.1) is 0 Å². The maximum absolute atomic E-state index is 13.2. The summed E-state index contributed by atoms with van der Waals surface area (Å²) in [4.78, 5) is 19.9. The number of aromatic nitrogens is 2. The van der Waals surface area contributed by atoms with Crippen molar-refractivity contribution in [2.45, 2.75) is 69.9 Å². The first kappa shape index (κ1) is 18.9. The first-order valence-corrected chi connectivity index (χ1v) is 10.5. The van der Waals surface area contributed by atoms with Crippen molar-refractivity contribution < 1.29 is 9.32 Å². The summed E-state index contributed by atoms with van der Waals surface area (Å²) in [5, 5.41) is 11.1. The normalized spacial score (nSPS) is 26.7. The van der Waals surface area contributed by atoms with Crippen LogP contribution in [0.2, 0.25) is 0 Å². The van der Waals surface area contributed by atoms with Gasteiger partial charge in [-0.2, -0.15) is 4.98 Å². The lowest BCUT2D eigenvalue weighted by atomic mass is 9.87. The van der Waals surface area contributed by atoms with E-state index in [0.717, 1.165) is 58.0 Å². The largest absolute Gasteiger partial charge is 0.343 e. The number of nitrogens with one attached hydrogen (secondary N) is 2. The van der Waals surface area contributed by atoms with Crippen molar-refractivity contribution in [3.8, 4) is 0 Å². The Morgan fingerprint density at radius 1 is 1.19 bits per heavy atom. The summed E-state index contributed by atoms with van der Waals surface area (Å²) >= 11 is 0. The van der Waals surface area contributed by atoms with Crippen molar-refractivity contribution in [1.82, 2.24) is 25.7 Å². The second-order valence-electron chi connectivity index (χ2n) is 9.10. The van der Waals surface area contributed by atoms with Crippen molar-refractivity contribution in [3.63, 3.8) is 0 Å². The average Bonchev–Trinajstić information content (AvgIpc) is 3.22. The van der Waals surface area contributed by atoms with E-state index in [1.807, 2.05) is 19.0 Å². The summed E-state index contributed by atoms with van der Waals surface area (Å²) in [5.41, 5.74) is -0.215. The predicted molar refractivity (Wildman–Crippen MR) is 102 cm³/mol. The van der Waals surface area contributed by atoms with Crippen LogP contribution < -0.4 is 10.6 Å². The molecule has 1 spiro atoms. The molecule has 1 atom stereocenters. The van der Waals surface area contributed by atoms with Crippen LogP contribution >= 0.6 is 0 Å². The Hall–Kier alpha value is -1.47. The Kier molecular flexibility index (Phi) is 5.25. The van der Waals surface area contributed by atoms with E-state index in [1.165, 1.54) is 12.8 Å². The number of rotatable bonds is 5. The highest BCUT2D eigenvalue weighted by molar-refractivity contribution is 5.83. The maximum Gasteiger partial charge on any atom is 0.240 e. The van der Waals surface area contributed by atoms with Crippen molar-refractivity contribution in [1.29, 1.82) is 0 Å². The van der Waals surface area contributed by atoms with Gasteiger partial charge in [-0.3, -0.25) is 4.79 Å². The fraction of sp³-hybridized carbons (Fsp3) is 0.850. The summed E-state index contributed by atoms with van der Waals surface area (Å²) in [6.07, 6.45) is 9.68. The van der Waals surface area contributed by atoms with Crippen LogP contribution in [0.3, 0.4) is 0 Å². The third-order valence-electron chi connectivity index (χ3n) is 6.77. The molecule has 1 amide bonds. The van der Waals surface area contributed by atoms with E-state index in [9.17, 15) is 4.79 Å². The molecule has 1 aromatic heterocycles. The lowest BCUT2D eigenvalue weighted by Crippen LogP contribution is -2.48. The van der Waals surface area contributed by atoms with Gasteiger partial charge in [0.1, 0.15) is 5.54 Å². The number of carbonyl (C=O) groups excluding carboxylic acids is 1. The molecule has 1 aromatic rings. The topological polar surface area (TPSA) is 83.3 Å². The number of nitrogens with zero attached hydrogens (tertiary/aromatic N) is 3. The first-order chi connectivity index (χ1) is 13.0. The van der Waals surface area contributed by atoms with Gasteiger partial charge < -0.3 is 20.1 Å². The lowest BCUT2D eigenvalue weighted by molar-refractivity contribution is -0.125. The van der Waals surface area contributed by atoms with Crippen molar-refractivity contribution in [3.05, 3.63) is 11.7 Å². The summed E-state index contributed by atoms with van der Waals surface area (Å²) in [5.74, 6) is 1.66. The molecule has 0 bridgehead atoms. The number of piperidine rings is 1. The molecule has 2 N–H and O–H groups in total. The quantitative estimate of drug-likeness (QED) is 0.768. The Labute approximate surface area is 161 Å². The zero-order chi connectivity index (χ0) is 18.9. The van der Waals surface area contributed by atoms with E-state index in [1.54, 1.807) is 0 Å². The first-order valence-electron chi connectivity index (χ1n) is 10.5. The zero-order valence-corrected chi connectivity index (χ0v) is 16.7. The molecule has 27 heavy (non-hydrogen) atoms. The van der Waals surface area contributed by atoms with Gasteiger partial charge >= 0.3 is 0 Å². The van der Waals surface area contributed by atoms with Gasteiger partial charge in [0.2, 0.25) is 11.8 Å². The van der Waals surface area contributed by atoms with E-state index in [-0.39, 0.29) is 17.2 Å². The van der Waals surface area contributed by atoms with E-state index in [0.29, 0.717) is 18.3 Å². The van der Waals surface area contributed by atoms with Gasteiger partial charge in [0, 0.05) is 5.92 Å². The van der Waals surface area contributed by atoms with E-state index >= 15 is 0 Å². The van der Waals surface area contributed by atoms with Crippen LogP contribution in [0.5, 0.6) is 0 Å². The molecule has 7 nitrogen and oxygen atoms in total. The van der Waals surface area contributed by atoms with E-state index in [2.05, 4.69) is 20.8 Å². The van der Waals surface area contributed by atoms with Gasteiger partial charge in [0.05, 0.1) is 6.54 Å². The molecule has 2 aliphatic carbocycles. The van der Waals surface area contributed by atoms with Crippen LogP contribution in [0.1, 0.15) is 69.5 Å². The van der Waals surface area contributed by atoms with Gasteiger partial charge in [0.15, 0.2) is 5.82 Å². The number of amides is 1. The Balaban J connectivity index is 1.52. The number of hydrogen-bond donors (Lipinski definition) is 2. The molecule has 3 fully saturated rings. The molecule has 1 aliphatic heterocycles. The summed E-state index contributed by atoms with van der Waals surface area (Å²) in [7, 11) is 3.97. The van der Waals surface area contributed by atoms with Crippen LogP contribution in [0.4, 0.5) is 0 Å². The Morgan fingerprint density at radius 2 is 1.89 bits per heavy atom. The average molecular weight is 376 g/mol. The van der Waals surface area contributed by atoms with Crippen molar-refractivity contribution >= 4 is 5.91 Å². The molecular formula is C20H33N5O2. The van der Waals surface area contributed by atoms with E-state index < -0.39 is 5.54 Å². The molecular weight excluding hydrogens is 342 g/mol. The second kappa shape index (κ2) is 7.51. The predicted octanol–water partition coefficient (Wildman–Crippen LogP) is 2.19. The minimum Gasteiger partial charge on any atom is -0.343 e. The fourth-order valence-corrected chi connectivity index (χ4v) is 5.04. The van der Waals surface area contributed by atoms with Gasteiger partial charge in [-0.05, 0) is 64.7 Å². The molecule has 1 saturated heterocycles. The number of carbonyl (C=O) groups is 1. The molecule has 4 rings (SSSR count). The van der Waals surface area contributed by atoms with Gasteiger partial charge in [0.25, 0.3) is 0 Å². The summed E-state index contributed by atoms with van der Waals surface area (Å²) in [6, 6.07) is 0. The van der Waals surface area contributed by atoms with Gasteiger partial charge in [-0.1, -0.05) is 30.8 Å². The standard InChI is InChI=1S/C20H33N5O2/c1-25(2)14-16-22-18(24-27-16)20(7-5-3-4-6-8-20)23-17(26)15-13-19(15)9-11-21-12-10-19/h15,21H,3-14H2,1-2H3,(H,23,26). The molecule has 2 saturated carbocycles. The Bertz CT molecular complexity index is 657. The van der Waals surface area contributed by atoms with Crippen LogP contribution in [0.15, 0.2) is 4.52 Å². The highest BCUT2D eigenvalue weighted by Gasteiger charge is 2.58. The van der Waals surface area contributed by atoms with Crippen LogP contribution in [-0.2, 0) is 16.9 Å². The van der Waals surface area contributed by atoms with Crippen molar-refractivity contribution in [2.75, 3.05) is 27.2 Å². The second-order valence-corrected chi connectivity index (χ2v) is 9.10. The Morgan fingerprint density at radius 3 is 2.56 bits per heavy atom. The molecule has 2 heterocycles. The van der Waals surface area contributed by atoms with Gasteiger partial charge in [-0.25, -0.2) is 0 Å². The molecule has 7 heteroatoms. The minimum absolute atomic E-state index is 0.160. The third kappa shape index (κ3) is 3.90. The summed E-state index contributed by atoms with van der Waals surface area (Å²) in [6.45, 7) is 2.69. The lowest BCUT2D eigenvalue weighted by Gasteiger charge is -2.32. The van der Waals surface area contributed by atoms with Crippen LogP contribution in [-0.4, -0.2) is 48.1 Å².